The second kappa shape index (κ2) is 9.13. The third-order valence-corrected chi connectivity index (χ3v) is 4.18. The minimum Gasteiger partial charge on any atom is -0.383 e. The first kappa shape index (κ1) is 18.9. The van der Waals surface area contributed by atoms with E-state index in [1.54, 1.807) is 19.2 Å². The number of ether oxygens (including phenoxy) is 1. The topological polar surface area (TPSA) is 42.3 Å². The molecule has 3 rings (SSSR count). The molecule has 7 heteroatoms. The first-order valence-corrected chi connectivity index (χ1v) is 7.97. The van der Waals surface area contributed by atoms with Crippen LogP contribution in [0.1, 0.15) is 17.2 Å². The number of hydrogen-bond acceptors (Lipinski definition) is 4. The lowest BCUT2D eigenvalue weighted by Crippen LogP contribution is -2.45. The Bertz CT molecular complexity index is 637. The lowest BCUT2D eigenvalue weighted by atomic mass is 10.0. The number of rotatable bonds is 6. The molecule has 1 fully saturated rings. The second-order valence-corrected chi connectivity index (χ2v) is 5.85. The maximum atomic E-state index is 13.5. The Morgan fingerprint density at radius 3 is 3.08 bits per heavy atom. The van der Waals surface area contributed by atoms with Crippen LogP contribution in [0.25, 0.3) is 0 Å². The van der Waals surface area contributed by atoms with Crippen LogP contribution in [-0.4, -0.2) is 48.0 Å². The van der Waals surface area contributed by atoms with Crippen molar-refractivity contribution >= 4 is 12.4 Å². The fraction of sp³-hybridized carbons (Fsp3) is 0.471. The van der Waals surface area contributed by atoms with Crippen LogP contribution >= 0.6 is 12.4 Å². The molecule has 2 aromatic rings. The zero-order chi connectivity index (χ0) is 16.1. The van der Waals surface area contributed by atoms with Gasteiger partial charge in [0.2, 0.25) is 0 Å². The Balaban J connectivity index is 0.00000208. The van der Waals surface area contributed by atoms with Gasteiger partial charge in [-0.1, -0.05) is 12.1 Å². The molecule has 0 amide bonds. The normalized spacial score (nSPS) is 18.3. The van der Waals surface area contributed by atoms with Crippen molar-refractivity contribution in [2.24, 2.45) is 0 Å². The Morgan fingerprint density at radius 1 is 1.42 bits per heavy atom. The Morgan fingerprint density at radius 2 is 2.29 bits per heavy atom. The van der Waals surface area contributed by atoms with Crippen molar-refractivity contribution in [2.75, 3.05) is 33.4 Å². The van der Waals surface area contributed by atoms with E-state index in [9.17, 15) is 4.39 Å². The highest BCUT2D eigenvalue weighted by molar-refractivity contribution is 5.85. The molecule has 2 heterocycles. The summed E-state index contributed by atoms with van der Waals surface area (Å²) in [4.78, 5) is 2.38. The van der Waals surface area contributed by atoms with Gasteiger partial charge in [-0.15, -0.1) is 12.4 Å². The lowest BCUT2D eigenvalue weighted by Gasteiger charge is -2.36. The van der Waals surface area contributed by atoms with Crippen LogP contribution in [0, 0.1) is 5.82 Å². The largest absolute Gasteiger partial charge is 0.383 e. The molecule has 24 heavy (non-hydrogen) atoms. The first-order valence-electron chi connectivity index (χ1n) is 7.97. The van der Waals surface area contributed by atoms with E-state index in [0.717, 1.165) is 38.3 Å². The number of piperazine rings is 1. The summed E-state index contributed by atoms with van der Waals surface area (Å²) < 4.78 is 20.5. The number of methoxy groups -OCH3 is 1. The second-order valence-electron chi connectivity index (χ2n) is 5.85. The molecule has 1 saturated heterocycles. The number of benzene rings is 1. The van der Waals surface area contributed by atoms with E-state index >= 15 is 0 Å². The van der Waals surface area contributed by atoms with E-state index in [1.165, 1.54) is 11.6 Å². The van der Waals surface area contributed by atoms with Gasteiger partial charge in [-0.2, -0.15) is 5.10 Å². The molecule has 0 spiro atoms. The Kier molecular flexibility index (Phi) is 7.17. The van der Waals surface area contributed by atoms with Gasteiger partial charge in [-0.05, 0) is 17.7 Å². The van der Waals surface area contributed by atoms with Crippen molar-refractivity contribution in [1.29, 1.82) is 0 Å². The van der Waals surface area contributed by atoms with Gasteiger partial charge < -0.3 is 10.1 Å². The van der Waals surface area contributed by atoms with Crippen LogP contribution in [0.2, 0.25) is 0 Å². The molecule has 1 aromatic heterocycles. The molecule has 1 atom stereocenters. The molecule has 0 saturated carbocycles. The summed E-state index contributed by atoms with van der Waals surface area (Å²) in [5.74, 6) is -0.180. The molecular weight excluding hydrogens is 331 g/mol. The first-order chi connectivity index (χ1) is 11.3. The highest BCUT2D eigenvalue weighted by Gasteiger charge is 2.24. The SMILES string of the molecule is COCCn1cc(CN2CCNCC2c2cccc(F)c2)cn1.Cl. The average molecular weight is 355 g/mol. The van der Waals surface area contributed by atoms with E-state index < -0.39 is 0 Å². The van der Waals surface area contributed by atoms with Gasteiger partial charge in [0.05, 0.1) is 19.3 Å². The molecular formula is C17H24ClFN4O. The molecule has 132 valence electrons. The van der Waals surface area contributed by atoms with Crippen LogP contribution < -0.4 is 5.32 Å². The number of nitrogens with one attached hydrogen (secondary N) is 1. The Hall–Kier alpha value is -1.47. The molecule has 5 nitrogen and oxygen atoms in total. The molecule has 1 aromatic carbocycles. The van der Waals surface area contributed by atoms with Gasteiger partial charge in [0, 0.05) is 51.1 Å². The van der Waals surface area contributed by atoms with Gasteiger partial charge in [-0.25, -0.2) is 4.39 Å². The maximum Gasteiger partial charge on any atom is 0.123 e. The highest BCUT2D eigenvalue weighted by Crippen LogP contribution is 2.24. The van der Waals surface area contributed by atoms with Crippen LogP contribution in [-0.2, 0) is 17.8 Å². The van der Waals surface area contributed by atoms with Crippen LogP contribution in [0.3, 0.4) is 0 Å². The van der Waals surface area contributed by atoms with Gasteiger partial charge >= 0.3 is 0 Å². The summed E-state index contributed by atoms with van der Waals surface area (Å²) in [6, 6.07) is 7.08. The van der Waals surface area contributed by atoms with Crippen LogP contribution in [0.5, 0.6) is 0 Å². The monoisotopic (exact) mass is 354 g/mol. The third-order valence-electron chi connectivity index (χ3n) is 4.18. The van der Waals surface area contributed by atoms with Crippen LogP contribution in [0.15, 0.2) is 36.7 Å². The van der Waals surface area contributed by atoms with Crippen molar-refractivity contribution in [1.82, 2.24) is 20.0 Å². The van der Waals surface area contributed by atoms with E-state index in [2.05, 4.69) is 21.5 Å². The van der Waals surface area contributed by atoms with Crippen molar-refractivity contribution in [3.05, 3.63) is 53.6 Å². The predicted molar refractivity (Wildman–Crippen MR) is 93.8 cm³/mol. The highest BCUT2D eigenvalue weighted by atomic mass is 35.5. The molecule has 0 aliphatic carbocycles. The Labute approximate surface area is 148 Å². The summed E-state index contributed by atoms with van der Waals surface area (Å²) in [5.41, 5.74) is 2.19. The average Bonchev–Trinajstić information content (AvgIpc) is 3.01. The zero-order valence-electron chi connectivity index (χ0n) is 13.8. The third kappa shape index (κ3) is 4.77. The summed E-state index contributed by atoms with van der Waals surface area (Å²) in [6.45, 7) is 4.94. The molecule has 1 unspecified atom stereocenters. The van der Waals surface area contributed by atoms with Crippen LogP contribution in [0.4, 0.5) is 4.39 Å². The van der Waals surface area contributed by atoms with Gasteiger partial charge in [0.1, 0.15) is 5.82 Å². The standard InChI is InChI=1S/C17H23FN4O.ClH/c1-23-8-7-22-13-14(10-20-22)12-21-6-5-19-11-17(21)15-3-2-4-16(18)9-15;/h2-4,9-10,13,17,19H,5-8,11-12H2,1H3;1H. The number of hydrogen-bond donors (Lipinski definition) is 1. The maximum absolute atomic E-state index is 13.5. The number of nitrogens with zero attached hydrogens (tertiary/aromatic N) is 3. The van der Waals surface area contributed by atoms with Gasteiger partial charge in [0.15, 0.2) is 0 Å². The molecule has 1 N–H and O–H groups in total. The van der Waals surface area contributed by atoms with Crippen molar-refractivity contribution in [2.45, 2.75) is 19.1 Å². The predicted octanol–water partition coefficient (Wildman–Crippen LogP) is 2.24. The quantitative estimate of drug-likeness (QED) is 0.864. The summed E-state index contributed by atoms with van der Waals surface area (Å²) in [7, 11) is 1.69. The molecule has 0 radical (unpaired) electrons. The van der Waals surface area contributed by atoms with E-state index in [4.69, 9.17) is 4.74 Å². The van der Waals surface area contributed by atoms with Crippen molar-refractivity contribution in [3.8, 4) is 0 Å². The minimum absolute atomic E-state index is 0. The molecule has 1 aliphatic heterocycles. The molecule has 0 bridgehead atoms. The number of aromatic nitrogens is 2. The molecule has 1 aliphatic rings. The lowest BCUT2D eigenvalue weighted by molar-refractivity contribution is 0.153. The van der Waals surface area contributed by atoms with E-state index in [-0.39, 0.29) is 24.3 Å². The summed E-state index contributed by atoms with van der Waals surface area (Å²) in [5, 5.41) is 7.77. The smallest absolute Gasteiger partial charge is 0.123 e. The zero-order valence-corrected chi connectivity index (χ0v) is 14.6. The van der Waals surface area contributed by atoms with Gasteiger partial charge in [0.25, 0.3) is 0 Å². The van der Waals surface area contributed by atoms with Gasteiger partial charge in [-0.3, -0.25) is 9.58 Å². The fourth-order valence-corrected chi connectivity index (χ4v) is 3.01. The number of halogens is 2. The minimum atomic E-state index is -0.180. The summed E-state index contributed by atoms with van der Waals surface area (Å²) >= 11 is 0. The fourth-order valence-electron chi connectivity index (χ4n) is 3.01. The summed E-state index contributed by atoms with van der Waals surface area (Å²) in [6.07, 6.45) is 3.96. The van der Waals surface area contributed by atoms with Crippen molar-refractivity contribution in [3.63, 3.8) is 0 Å². The van der Waals surface area contributed by atoms with E-state index in [1.807, 2.05) is 16.9 Å². The van der Waals surface area contributed by atoms with Crippen molar-refractivity contribution < 1.29 is 9.13 Å². The van der Waals surface area contributed by atoms with E-state index in [0.29, 0.717) is 6.61 Å².